The molecule has 1 heterocycles. The molecule has 0 bridgehead atoms. The predicted molar refractivity (Wildman–Crippen MR) is 104 cm³/mol. The minimum Gasteiger partial charge on any atom is -0.506 e. The van der Waals surface area contributed by atoms with Crippen LogP contribution in [0, 0.1) is 12.7 Å². The summed E-state index contributed by atoms with van der Waals surface area (Å²) < 4.78 is 19.8. The van der Waals surface area contributed by atoms with Gasteiger partial charge in [-0.15, -0.1) is 0 Å². The van der Waals surface area contributed by atoms with E-state index in [2.05, 4.69) is 0 Å². The summed E-state index contributed by atoms with van der Waals surface area (Å²) in [7, 11) is 0. The van der Waals surface area contributed by atoms with Crippen molar-refractivity contribution in [1.29, 1.82) is 0 Å². The van der Waals surface area contributed by atoms with Gasteiger partial charge in [-0.25, -0.2) is 4.39 Å². The molecule has 0 unspecified atom stereocenters. The number of carbonyl (C=O) groups excluding carboxylic acids is 2. The number of phenols is 1. The molecule has 0 amide bonds. The second kappa shape index (κ2) is 7.64. The number of hydrogen-bond acceptors (Lipinski definition) is 4. The van der Waals surface area contributed by atoms with Gasteiger partial charge in [-0.2, -0.15) is 0 Å². The third-order valence-corrected chi connectivity index (χ3v) is 4.69. The fraction of sp³-hybridized carbons (Fsp3) is 0.238. The van der Waals surface area contributed by atoms with Crippen molar-refractivity contribution in [3.63, 3.8) is 0 Å². The van der Waals surface area contributed by atoms with E-state index in [-0.39, 0.29) is 28.9 Å². The number of halogens is 2. The molecule has 3 rings (SSSR count). The molecule has 5 nitrogen and oxygen atoms in total. The molecule has 3 aromatic rings. The van der Waals surface area contributed by atoms with Crippen LogP contribution < -0.4 is 0 Å². The van der Waals surface area contributed by atoms with Crippen molar-refractivity contribution < 1.29 is 23.8 Å². The van der Waals surface area contributed by atoms with Crippen molar-refractivity contribution in [2.45, 2.75) is 33.3 Å². The normalized spacial score (nSPS) is 11.2. The zero-order valence-corrected chi connectivity index (χ0v) is 16.4. The van der Waals surface area contributed by atoms with Crippen LogP contribution in [0.25, 0.3) is 10.9 Å². The molecule has 7 heteroatoms. The topological polar surface area (TPSA) is 68.5 Å². The van der Waals surface area contributed by atoms with E-state index in [1.807, 2.05) is 0 Å². The number of phenolic OH excluding ortho intramolecular Hbond substituents is 1. The van der Waals surface area contributed by atoms with E-state index < -0.39 is 17.7 Å². The molecule has 1 aromatic heterocycles. The summed E-state index contributed by atoms with van der Waals surface area (Å²) >= 11 is 6.05. The van der Waals surface area contributed by atoms with Crippen molar-refractivity contribution in [2.75, 3.05) is 0 Å². The Morgan fingerprint density at radius 2 is 1.86 bits per heavy atom. The van der Waals surface area contributed by atoms with Crippen LogP contribution in [0.1, 0.15) is 35.5 Å². The van der Waals surface area contributed by atoms with Crippen molar-refractivity contribution in [1.82, 2.24) is 4.57 Å². The number of aromatic nitrogens is 1. The summed E-state index contributed by atoms with van der Waals surface area (Å²) in [5.41, 5.74) is 1.80. The molecule has 0 aliphatic heterocycles. The first-order valence-electron chi connectivity index (χ1n) is 8.71. The van der Waals surface area contributed by atoms with Gasteiger partial charge in [0.15, 0.2) is 0 Å². The van der Waals surface area contributed by atoms with Crippen molar-refractivity contribution in [3.8, 4) is 5.75 Å². The lowest BCUT2D eigenvalue weighted by atomic mass is 10.1. The quantitative estimate of drug-likeness (QED) is 0.645. The molecule has 0 saturated heterocycles. The molecule has 0 aliphatic rings. The highest BCUT2D eigenvalue weighted by Gasteiger charge is 2.23. The summed E-state index contributed by atoms with van der Waals surface area (Å²) in [6.45, 7) is 5.19. The van der Waals surface area contributed by atoms with Crippen LogP contribution in [0.3, 0.4) is 0 Å². The Kier molecular flexibility index (Phi) is 5.42. The first kappa shape index (κ1) is 19.9. The number of nitrogens with zero attached hydrogens (tertiary/aromatic N) is 1. The van der Waals surface area contributed by atoms with Crippen LogP contribution in [0.5, 0.6) is 5.75 Å². The number of benzene rings is 2. The standard InChI is InChI=1S/C21H19ClFNO4/c1-11(2)28-20(26)9-15-12(3)24(18-10-17(22)19(25)8-16(15)18)21(27)13-4-6-14(23)7-5-13/h4-8,10-11,25H,9H2,1-3H3. The first-order valence-corrected chi connectivity index (χ1v) is 9.09. The Morgan fingerprint density at radius 3 is 2.46 bits per heavy atom. The number of esters is 1. The third kappa shape index (κ3) is 3.73. The maximum atomic E-state index is 13.2. The summed E-state index contributed by atoms with van der Waals surface area (Å²) in [5.74, 6) is -1.44. The lowest BCUT2D eigenvalue weighted by Gasteiger charge is -2.09. The molecule has 0 fully saturated rings. The third-order valence-electron chi connectivity index (χ3n) is 4.39. The SMILES string of the molecule is Cc1c(CC(=O)OC(C)C)c2cc(O)c(Cl)cc2n1C(=O)c1ccc(F)cc1. The van der Waals surface area contributed by atoms with Gasteiger partial charge in [0.1, 0.15) is 11.6 Å². The molecule has 0 spiro atoms. The molecule has 28 heavy (non-hydrogen) atoms. The average molecular weight is 404 g/mol. The van der Waals surface area contributed by atoms with Gasteiger partial charge in [0.05, 0.1) is 23.1 Å². The van der Waals surface area contributed by atoms with Crippen LogP contribution >= 0.6 is 11.6 Å². The second-order valence-corrected chi connectivity index (χ2v) is 7.15. The van der Waals surface area contributed by atoms with Gasteiger partial charge in [-0.3, -0.25) is 14.2 Å². The van der Waals surface area contributed by atoms with Crippen LogP contribution in [0.2, 0.25) is 5.02 Å². The Balaban J connectivity index is 2.18. The first-order chi connectivity index (χ1) is 13.2. The molecule has 0 aliphatic carbocycles. The molecule has 0 saturated carbocycles. The van der Waals surface area contributed by atoms with E-state index >= 15 is 0 Å². The van der Waals surface area contributed by atoms with Crippen molar-refractivity contribution in [3.05, 3.63) is 64.1 Å². The maximum absolute atomic E-state index is 13.2. The second-order valence-electron chi connectivity index (χ2n) is 6.75. The van der Waals surface area contributed by atoms with Gasteiger partial charge in [0.2, 0.25) is 0 Å². The van der Waals surface area contributed by atoms with E-state index in [0.717, 1.165) is 0 Å². The van der Waals surface area contributed by atoms with Crippen LogP contribution in [-0.2, 0) is 16.0 Å². The van der Waals surface area contributed by atoms with Crippen LogP contribution in [0.4, 0.5) is 4.39 Å². The summed E-state index contributed by atoms with van der Waals surface area (Å²) in [5, 5.41) is 10.6. The van der Waals surface area contributed by atoms with E-state index in [1.54, 1.807) is 20.8 Å². The summed E-state index contributed by atoms with van der Waals surface area (Å²) in [6, 6.07) is 8.08. The van der Waals surface area contributed by atoms with Gasteiger partial charge >= 0.3 is 5.97 Å². The molecule has 1 N–H and O–H groups in total. The van der Waals surface area contributed by atoms with E-state index in [0.29, 0.717) is 22.2 Å². The zero-order valence-electron chi connectivity index (χ0n) is 15.6. The number of carbonyl (C=O) groups is 2. The minimum absolute atomic E-state index is 0.0642. The van der Waals surface area contributed by atoms with Crippen molar-refractivity contribution >= 4 is 34.4 Å². The van der Waals surface area contributed by atoms with Gasteiger partial charge < -0.3 is 9.84 Å². The largest absolute Gasteiger partial charge is 0.506 e. The van der Waals surface area contributed by atoms with Crippen LogP contribution in [0.15, 0.2) is 36.4 Å². The Bertz CT molecular complexity index is 1070. The van der Waals surface area contributed by atoms with Crippen molar-refractivity contribution in [2.24, 2.45) is 0 Å². The molecule has 0 atom stereocenters. The molecule has 0 radical (unpaired) electrons. The number of rotatable bonds is 4. The minimum atomic E-state index is -0.448. The molecule has 2 aromatic carbocycles. The summed E-state index contributed by atoms with van der Waals surface area (Å²) in [6.07, 6.45) is -0.337. The van der Waals surface area contributed by atoms with E-state index in [4.69, 9.17) is 16.3 Å². The molecule has 146 valence electrons. The maximum Gasteiger partial charge on any atom is 0.310 e. The predicted octanol–water partition coefficient (Wildman–Crippen LogP) is 4.63. The fourth-order valence-electron chi connectivity index (χ4n) is 3.14. The van der Waals surface area contributed by atoms with Gasteiger partial charge in [0, 0.05) is 16.6 Å². The summed E-state index contributed by atoms with van der Waals surface area (Å²) in [4.78, 5) is 25.3. The number of hydrogen-bond donors (Lipinski definition) is 1. The Labute approximate surface area is 166 Å². The van der Waals surface area contributed by atoms with E-state index in [9.17, 15) is 19.1 Å². The number of fused-ring (bicyclic) bond motifs is 1. The fourth-order valence-corrected chi connectivity index (χ4v) is 3.30. The Hall–Kier alpha value is -2.86. The highest BCUT2D eigenvalue weighted by atomic mass is 35.5. The number of ether oxygens (including phenoxy) is 1. The van der Waals surface area contributed by atoms with Gasteiger partial charge in [0.25, 0.3) is 5.91 Å². The zero-order chi connectivity index (χ0) is 20.6. The molecular formula is C21H19ClFNO4. The van der Waals surface area contributed by atoms with Gasteiger partial charge in [-0.1, -0.05) is 11.6 Å². The highest BCUT2D eigenvalue weighted by molar-refractivity contribution is 6.33. The lowest BCUT2D eigenvalue weighted by molar-refractivity contribution is -0.146. The van der Waals surface area contributed by atoms with E-state index in [1.165, 1.54) is 41.0 Å². The Morgan fingerprint density at radius 1 is 1.21 bits per heavy atom. The average Bonchev–Trinajstić information content (AvgIpc) is 2.86. The lowest BCUT2D eigenvalue weighted by Crippen LogP contribution is -2.16. The monoisotopic (exact) mass is 403 g/mol. The molecular weight excluding hydrogens is 385 g/mol. The van der Waals surface area contributed by atoms with Crippen LogP contribution in [-0.4, -0.2) is 27.7 Å². The number of aromatic hydroxyl groups is 1. The highest BCUT2D eigenvalue weighted by Crippen LogP contribution is 2.35. The van der Waals surface area contributed by atoms with Gasteiger partial charge in [-0.05, 0) is 62.7 Å². The smallest absolute Gasteiger partial charge is 0.310 e.